The molecule has 0 radical (unpaired) electrons. The Bertz CT molecular complexity index is 1410. The van der Waals surface area contributed by atoms with Gasteiger partial charge >= 0.3 is 0 Å². The van der Waals surface area contributed by atoms with Gasteiger partial charge in [-0.05, 0) is 77.2 Å². The molecule has 4 aromatic rings. The van der Waals surface area contributed by atoms with Crippen LogP contribution in [0.5, 0.6) is 11.6 Å². The predicted molar refractivity (Wildman–Crippen MR) is 146 cm³/mol. The zero-order valence-corrected chi connectivity index (χ0v) is 22.8. The molecular weight excluding hydrogens is 508 g/mol. The predicted octanol–water partition coefficient (Wildman–Crippen LogP) is 5.76. The number of ether oxygens (including phenoxy) is 2. The van der Waals surface area contributed by atoms with Gasteiger partial charge < -0.3 is 18.9 Å². The van der Waals surface area contributed by atoms with Gasteiger partial charge in [0.15, 0.2) is 11.2 Å². The van der Waals surface area contributed by atoms with Crippen molar-refractivity contribution in [1.29, 1.82) is 0 Å². The molecule has 1 aromatic carbocycles. The van der Waals surface area contributed by atoms with Crippen LogP contribution in [0.4, 0.5) is 0 Å². The normalized spacial score (nSPS) is 16.9. The Hall–Kier alpha value is -2.75. The van der Waals surface area contributed by atoms with E-state index in [2.05, 4.69) is 38.3 Å². The smallest absolute Gasteiger partial charge is 0.245 e. The van der Waals surface area contributed by atoms with Gasteiger partial charge in [-0.2, -0.15) is 4.98 Å². The number of hydrogen-bond donors (Lipinski definition) is 0. The number of thiazole rings is 1. The van der Waals surface area contributed by atoms with Crippen molar-refractivity contribution in [2.45, 2.75) is 58.1 Å². The van der Waals surface area contributed by atoms with Crippen LogP contribution in [-0.4, -0.2) is 61.2 Å². The summed E-state index contributed by atoms with van der Waals surface area (Å²) < 4.78 is 14.3. The Morgan fingerprint density at radius 1 is 1.14 bits per heavy atom. The van der Waals surface area contributed by atoms with Crippen molar-refractivity contribution in [3.8, 4) is 23.0 Å². The topological polar surface area (TPSA) is 78.2 Å². The van der Waals surface area contributed by atoms with Crippen molar-refractivity contribution in [3.63, 3.8) is 0 Å². The first-order valence-electron chi connectivity index (χ1n) is 12.9. The zero-order valence-electron chi connectivity index (χ0n) is 21.2. The second-order valence-electron chi connectivity index (χ2n) is 10.2. The van der Waals surface area contributed by atoms with Gasteiger partial charge in [0.25, 0.3) is 0 Å². The first-order chi connectivity index (χ1) is 18.0. The molecule has 1 aliphatic heterocycles. The van der Waals surface area contributed by atoms with E-state index in [9.17, 15) is 0 Å². The van der Waals surface area contributed by atoms with Crippen LogP contribution in [-0.2, 0) is 6.54 Å². The van der Waals surface area contributed by atoms with E-state index in [0.29, 0.717) is 41.0 Å². The van der Waals surface area contributed by atoms with Gasteiger partial charge in [0.1, 0.15) is 28.5 Å². The number of aromatic nitrogens is 5. The number of hydrogen-bond acceptors (Lipinski definition) is 8. The highest BCUT2D eigenvalue weighted by Crippen LogP contribution is 2.41. The molecule has 1 saturated carbocycles. The van der Waals surface area contributed by atoms with E-state index in [0.717, 1.165) is 47.0 Å². The Labute approximate surface area is 225 Å². The highest BCUT2D eigenvalue weighted by molar-refractivity contribution is 7.11. The maximum absolute atomic E-state index is 6.82. The SMILES string of the molecule is Cc1cnc(Cn2c(-c3ccc(OCCCN4CCCC4)cc3Cl)nc3c(OC4(C)CC4)ncnc32)s1. The molecule has 4 heterocycles. The number of benzene rings is 1. The van der Waals surface area contributed by atoms with Crippen LogP contribution in [0.1, 0.15) is 48.9 Å². The molecule has 0 bridgehead atoms. The maximum atomic E-state index is 6.82. The van der Waals surface area contributed by atoms with E-state index in [1.165, 1.54) is 25.9 Å². The molecule has 6 rings (SSSR count). The number of rotatable bonds is 10. The molecular formula is C27H31ClN6O2S. The largest absolute Gasteiger partial charge is 0.493 e. The number of aryl methyl sites for hydroxylation is 1. The number of nitrogens with zero attached hydrogens (tertiary/aromatic N) is 6. The third-order valence-corrected chi connectivity index (χ3v) is 8.24. The lowest BCUT2D eigenvalue weighted by molar-refractivity contribution is 0.194. The molecule has 0 unspecified atom stereocenters. The molecule has 0 atom stereocenters. The van der Waals surface area contributed by atoms with Gasteiger partial charge in [0.05, 0.1) is 18.2 Å². The maximum Gasteiger partial charge on any atom is 0.245 e. The summed E-state index contributed by atoms with van der Waals surface area (Å²) in [6.45, 7) is 8.84. The van der Waals surface area contributed by atoms with Crippen molar-refractivity contribution in [1.82, 2.24) is 29.4 Å². The molecule has 3 aromatic heterocycles. The van der Waals surface area contributed by atoms with Crippen LogP contribution >= 0.6 is 22.9 Å². The average Bonchev–Trinajstić information content (AvgIpc) is 3.27. The zero-order chi connectivity index (χ0) is 25.4. The molecule has 10 heteroatoms. The first-order valence-corrected chi connectivity index (χ1v) is 14.1. The summed E-state index contributed by atoms with van der Waals surface area (Å²) in [4.78, 5) is 22.2. The summed E-state index contributed by atoms with van der Waals surface area (Å²) in [5.41, 5.74) is 1.97. The van der Waals surface area contributed by atoms with Crippen LogP contribution in [0.3, 0.4) is 0 Å². The molecule has 194 valence electrons. The quantitative estimate of drug-likeness (QED) is 0.238. The van der Waals surface area contributed by atoms with Gasteiger partial charge in [-0.25, -0.2) is 15.0 Å². The molecule has 0 spiro atoms. The van der Waals surface area contributed by atoms with E-state index in [1.54, 1.807) is 17.7 Å². The van der Waals surface area contributed by atoms with Crippen LogP contribution in [0.15, 0.2) is 30.7 Å². The number of fused-ring (bicyclic) bond motifs is 1. The highest BCUT2D eigenvalue weighted by atomic mass is 35.5. The van der Waals surface area contributed by atoms with Crippen LogP contribution in [0.2, 0.25) is 5.02 Å². The minimum Gasteiger partial charge on any atom is -0.493 e. The number of likely N-dealkylation sites (tertiary alicyclic amines) is 1. The second-order valence-corrected chi connectivity index (χ2v) is 11.9. The third-order valence-electron chi connectivity index (χ3n) is 7.03. The summed E-state index contributed by atoms with van der Waals surface area (Å²) in [5.74, 6) is 1.98. The molecule has 0 N–H and O–H groups in total. The van der Waals surface area contributed by atoms with E-state index in [4.69, 9.17) is 26.1 Å². The van der Waals surface area contributed by atoms with E-state index in [-0.39, 0.29) is 5.60 Å². The lowest BCUT2D eigenvalue weighted by atomic mass is 10.2. The van der Waals surface area contributed by atoms with Crippen LogP contribution in [0.25, 0.3) is 22.6 Å². The summed E-state index contributed by atoms with van der Waals surface area (Å²) in [6.07, 6.45) is 9.07. The fourth-order valence-electron chi connectivity index (χ4n) is 4.72. The number of imidazole rings is 1. The Morgan fingerprint density at radius 3 is 2.70 bits per heavy atom. The highest BCUT2D eigenvalue weighted by Gasteiger charge is 2.41. The average molecular weight is 539 g/mol. The molecule has 1 aliphatic carbocycles. The Morgan fingerprint density at radius 2 is 1.97 bits per heavy atom. The minimum absolute atomic E-state index is 0.178. The van der Waals surface area contributed by atoms with Crippen LogP contribution in [0, 0.1) is 6.92 Å². The molecule has 37 heavy (non-hydrogen) atoms. The third kappa shape index (κ3) is 5.44. The van der Waals surface area contributed by atoms with Crippen molar-refractivity contribution in [2.24, 2.45) is 0 Å². The standard InChI is InChI=1S/C27H31ClN6O2S/c1-18-15-29-22(37-18)16-34-24(32-23-25(34)30-17-31-26(23)36-27(2)8-9-27)20-7-6-19(14-21(20)28)35-13-5-12-33-10-3-4-11-33/h6-7,14-15,17H,3-5,8-13,16H2,1-2H3. The lowest BCUT2D eigenvalue weighted by Gasteiger charge is -2.15. The van der Waals surface area contributed by atoms with Gasteiger partial charge in [0, 0.05) is 23.2 Å². The number of halogens is 1. The van der Waals surface area contributed by atoms with Gasteiger partial charge in [0.2, 0.25) is 5.88 Å². The van der Waals surface area contributed by atoms with Gasteiger partial charge in [-0.15, -0.1) is 11.3 Å². The monoisotopic (exact) mass is 538 g/mol. The van der Waals surface area contributed by atoms with Gasteiger partial charge in [-0.1, -0.05) is 11.6 Å². The van der Waals surface area contributed by atoms with Crippen LogP contribution < -0.4 is 9.47 Å². The summed E-state index contributed by atoms with van der Waals surface area (Å²) in [6, 6.07) is 5.81. The van der Waals surface area contributed by atoms with E-state index < -0.39 is 0 Å². The van der Waals surface area contributed by atoms with Crippen molar-refractivity contribution >= 4 is 34.1 Å². The van der Waals surface area contributed by atoms with E-state index in [1.807, 2.05) is 24.4 Å². The fourth-order valence-corrected chi connectivity index (χ4v) is 5.75. The van der Waals surface area contributed by atoms with Crippen molar-refractivity contribution < 1.29 is 9.47 Å². The molecule has 0 amide bonds. The molecule has 2 aliphatic rings. The van der Waals surface area contributed by atoms with E-state index >= 15 is 0 Å². The van der Waals surface area contributed by atoms with Gasteiger partial charge in [-0.3, -0.25) is 0 Å². The summed E-state index contributed by atoms with van der Waals surface area (Å²) in [7, 11) is 0. The summed E-state index contributed by atoms with van der Waals surface area (Å²) in [5, 5.41) is 1.55. The lowest BCUT2D eigenvalue weighted by Crippen LogP contribution is -2.21. The second kappa shape index (κ2) is 10.2. The molecule has 2 fully saturated rings. The molecule has 1 saturated heterocycles. The summed E-state index contributed by atoms with van der Waals surface area (Å²) >= 11 is 8.48. The fraction of sp³-hybridized carbons (Fsp3) is 0.481. The Kier molecular flexibility index (Phi) is 6.77. The van der Waals surface area contributed by atoms with Crippen molar-refractivity contribution in [3.05, 3.63) is 45.6 Å². The minimum atomic E-state index is -0.178. The molecule has 8 nitrogen and oxygen atoms in total. The van der Waals surface area contributed by atoms with Crippen molar-refractivity contribution in [2.75, 3.05) is 26.2 Å². The first kappa shape index (κ1) is 24.6. The Balaban J connectivity index is 1.29.